The maximum absolute atomic E-state index is 12.9. The first-order chi connectivity index (χ1) is 10.9. The van der Waals surface area contributed by atoms with Gasteiger partial charge in [-0.2, -0.15) is 0 Å². The lowest BCUT2D eigenvalue weighted by atomic mass is 10.2. The Morgan fingerprint density at radius 2 is 2.09 bits per heavy atom. The van der Waals surface area contributed by atoms with Gasteiger partial charge in [-0.1, -0.05) is 19.9 Å². The minimum absolute atomic E-state index is 0.0159. The van der Waals surface area contributed by atoms with Gasteiger partial charge in [0.15, 0.2) is 0 Å². The van der Waals surface area contributed by atoms with Crippen molar-refractivity contribution in [3.8, 4) is 5.75 Å². The zero-order valence-electron chi connectivity index (χ0n) is 13.2. The molecular formula is C16H21N2O4P. The highest BCUT2D eigenvalue weighted by Crippen LogP contribution is 2.48. The summed E-state index contributed by atoms with van der Waals surface area (Å²) in [5.41, 5.74) is 2.21. The van der Waals surface area contributed by atoms with Crippen molar-refractivity contribution in [1.29, 1.82) is 0 Å². The third-order valence-corrected chi connectivity index (χ3v) is 5.60. The number of allylic oxidation sites excluding steroid dienone is 1. The molecule has 2 rings (SSSR count). The Hall–Kier alpha value is -1.91. The number of hydroxylamine groups is 1. The Balaban J connectivity index is 2.04. The van der Waals surface area contributed by atoms with Crippen LogP contribution in [-0.4, -0.2) is 30.1 Å². The number of hydrogen-bond donors (Lipinski definition) is 2. The average molecular weight is 336 g/mol. The van der Waals surface area contributed by atoms with Crippen LogP contribution in [0.2, 0.25) is 0 Å². The molecule has 2 N–H and O–H groups in total. The van der Waals surface area contributed by atoms with Gasteiger partial charge in [0.25, 0.3) is 0 Å². The third-order valence-electron chi connectivity index (χ3n) is 3.32. The van der Waals surface area contributed by atoms with E-state index in [1.54, 1.807) is 35.8 Å². The Kier molecular flexibility index (Phi) is 5.74. The first-order valence-corrected chi connectivity index (χ1v) is 9.27. The zero-order chi connectivity index (χ0) is 16.9. The topological polar surface area (TPSA) is 88.0 Å². The van der Waals surface area contributed by atoms with Gasteiger partial charge in [-0.3, -0.25) is 14.6 Å². The molecule has 23 heavy (non-hydrogen) atoms. The summed E-state index contributed by atoms with van der Waals surface area (Å²) in [6.07, 6.45) is 3.46. The van der Waals surface area contributed by atoms with Crippen LogP contribution in [0.5, 0.6) is 5.75 Å². The molecule has 0 spiro atoms. The van der Waals surface area contributed by atoms with Crippen molar-refractivity contribution in [2.45, 2.75) is 20.3 Å². The Labute approximate surface area is 135 Å². The summed E-state index contributed by atoms with van der Waals surface area (Å²) in [5.74, 6) is 0.660. The van der Waals surface area contributed by atoms with Gasteiger partial charge in [0, 0.05) is 17.7 Å². The monoisotopic (exact) mass is 336 g/mol. The van der Waals surface area contributed by atoms with E-state index in [4.69, 9.17) is 9.94 Å². The maximum Gasteiger partial charge on any atom is 0.247 e. The summed E-state index contributed by atoms with van der Waals surface area (Å²) < 4.78 is 22.7. The molecule has 1 atom stereocenters. The van der Waals surface area contributed by atoms with Gasteiger partial charge < -0.3 is 4.74 Å². The molecule has 0 bridgehead atoms. The number of nitrogens with one attached hydrogen (secondary N) is 1. The quantitative estimate of drug-likeness (QED) is 0.475. The molecule has 6 nitrogen and oxygen atoms in total. The van der Waals surface area contributed by atoms with E-state index >= 15 is 0 Å². The Bertz CT molecular complexity index is 665. The van der Waals surface area contributed by atoms with Crippen molar-refractivity contribution in [3.05, 3.63) is 35.9 Å². The number of ether oxygens (including phenoxy) is 1. The highest BCUT2D eigenvalue weighted by atomic mass is 31.2. The maximum atomic E-state index is 12.9. The average Bonchev–Trinajstić information content (AvgIpc) is 2.55. The number of amides is 1. The molecule has 0 radical (unpaired) electrons. The van der Waals surface area contributed by atoms with Crippen molar-refractivity contribution < 1.29 is 19.3 Å². The molecule has 7 heteroatoms. The standard InChI is InChI=1S/C16H21N2O4P/c1-12(2)11-22-14-3-5-15(6-4-14)23(21)8-7-13(10-17-23)9-16(19)18-20/h3-7,10,12,20H,8-9,11H2,1-2H3,(H,18,19). The van der Waals surface area contributed by atoms with E-state index in [-0.39, 0.29) is 12.6 Å². The van der Waals surface area contributed by atoms with E-state index in [9.17, 15) is 9.36 Å². The highest BCUT2D eigenvalue weighted by molar-refractivity contribution is 7.70. The molecule has 0 saturated carbocycles. The van der Waals surface area contributed by atoms with Crippen molar-refractivity contribution >= 4 is 24.7 Å². The molecule has 1 aromatic rings. The molecule has 0 aromatic heterocycles. The molecule has 1 aliphatic heterocycles. The van der Waals surface area contributed by atoms with E-state index in [0.717, 1.165) is 5.75 Å². The molecule has 0 fully saturated rings. The number of carbonyl (C=O) groups is 1. The fraction of sp³-hybridized carbons (Fsp3) is 0.375. The second-order valence-corrected chi connectivity index (χ2v) is 8.33. The second-order valence-electron chi connectivity index (χ2n) is 5.82. The van der Waals surface area contributed by atoms with Gasteiger partial charge in [0.2, 0.25) is 13.2 Å². The van der Waals surface area contributed by atoms with Gasteiger partial charge in [0.05, 0.1) is 13.0 Å². The van der Waals surface area contributed by atoms with Crippen LogP contribution in [0.25, 0.3) is 0 Å². The summed E-state index contributed by atoms with van der Waals surface area (Å²) >= 11 is 0. The highest BCUT2D eigenvalue weighted by Gasteiger charge is 2.25. The SMILES string of the molecule is CC(C)COc1ccc(P2(=O)CC=C(CC(=O)NO)C=N2)cc1. The molecule has 1 aliphatic rings. The fourth-order valence-corrected chi connectivity index (χ4v) is 3.93. The second kappa shape index (κ2) is 7.57. The van der Waals surface area contributed by atoms with E-state index in [1.807, 2.05) is 0 Å². The normalized spacial score (nSPS) is 20.3. The van der Waals surface area contributed by atoms with Crippen LogP contribution in [0.4, 0.5) is 0 Å². The zero-order valence-corrected chi connectivity index (χ0v) is 14.1. The van der Waals surface area contributed by atoms with E-state index in [2.05, 4.69) is 18.6 Å². The number of benzene rings is 1. The predicted octanol–water partition coefficient (Wildman–Crippen LogP) is 2.53. The van der Waals surface area contributed by atoms with E-state index in [1.165, 1.54) is 6.21 Å². The fourth-order valence-electron chi connectivity index (χ4n) is 2.06. The summed E-state index contributed by atoms with van der Waals surface area (Å²) in [7, 11) is -2.87. The Morgan fingerprint density at radius 1 is 1.39 bits per heavy atom. The molecule has 1 amide bonds. The molecule has 0 aliphatic carbocycles. The van der Waals surface area contributed by atoms with Crippen molar-refractivity contribution in [3.63, 3.8) is 0 Å². The number of nitrogens with zero attached hydrogens (tertiary/aromatic N) is 1. The van der Waals surface area contributed by atoms with Gasteiger partial charge in [0.1, 0.15) is 5.75 Å². The molecule has 1 unspecified atom stereocenters. The van der Waals surface area contributed by atoms with Crippen molar-refractivity contribution in [1.82, 2.24) is 5.48 Å². The number of carbonyl (C=O) groups excluding carboxylic acids is 1. The lowest BCUT2D eigenvalue weighted by Crippen LogP contribution is -2.20. The summed E-state index contributed by atoms with van der Waals surface area (Å²) in [5, 5.41) is 9.17. The lowest BCUT2D eigenvalue weighted by molar-refractivity contribution is -0.128. The largest absolute Gasteiger partial charge is 0.493 e. The summed E-state index contributed by atoms with van der Waals surface area (Å²) in [6, 6.07) is 7.14. The first-order valence-electron chi connectivity index (χ1n) is 7.43. The van der Waals surface area contributed by atoms with Crippen LogP contribution in [0.15, 0.2) is 40.7 Å². The van der Waals surface area contributed by atoms with Gasteiger partial charge in [-0.15, -0.1) is 0 Å². The van der Waals surface area contributed by atoms with E-state index < -0.39 is 13.2 Å². The van der Waals surface area contributed by atoms with Crippen molar-refractivity contribution in [2.75, 3.05) is 12.8 Å². The van der Waals surface area contributed by atoms with Crippen molar-refractivity contribution in [2.24, 2.45) is 10.7 Å². The minimum Gasteiger partial charge on any atom is -0.493 e. The molecule has 1 heterocycles. The van der Waals surface area contributed by atoms with Gasteiger partial charge in [-0.05, 0) is 35.8 Å². The lowest BCUT2D eigenvalue weighted by Gasteiger charge is -2.17. The van der Waals surface area contributed by atoms with Crippen LogP contribution in [0.1, 0.15) is 20.3 Å². The minimum atomic E-state index is -2.87. The van der Waals surface area contributed by atoms with Crippen LogP contribution in [0.3, 0.4) is 0 Å². The molecule has 124 valence electrons. The summed E-state index contributed by atoms with van der Waals surface area (Å²) in [6.45, 7) is 4.78. The van der Waals surface area contributed by atoms with Crippen LogP contribution in [-0.2, 0) is 9.36 Å². The molecule has 0 saturated heterocycles. The number of rotatable bonds is 6. The third kappa shape index (κ3) is 4.78. The smallest absolute Gasteiger partial charge is 0.247 e. The first kappa shape index (κ1) is 17.4. The van der Waals surface area contributed by atoms with Crippen LogP contribution in [0, 0.1) is 5.92 Å². The summed E-state index contributed by atoms with van der Waals surface area (Å²) in [4.78, 5) is 11.1. The predicted molar refractivity (Wildman–Crippen MR) is 90.0 cm³/mol. The number of hydrogen-bond acceptors (Lipinski definition) is 4. The van der Waals surface area contributed by atoms with Gasteiger partial charge >= 0.3 is 0 Å². The van der Waals surface area contributed by atoms with E-state index in [0.29, 0.717) is 23.4 Å². The van der Waals surface area contributed by atoms with Crippen LogP contribution < -0.4 is 15.5 Å². The van der Waals surface area contributed by atoms with Crippen LogP contribution >= 0.6 is 7.29 Å². The Morgan fingerprint density at radius 3 is 2.61 bits per heavy atom. The molecular weight excluding hydrogens is 315 g/mol. The molecule has 1 aromatic carbocycles. The van der Waals surface area contributed by atoms with Gasteiger partial charge in [-0.25, -0.2) is 10.2 Å².